The zero-order valence-corrected chi connectivity index (χ0v) is 13.7. The number of fused-ring (bicyclic) bond motifs is 1. The fourth-order valence-corrected chi connectivity index (χ4v) is 2.59. The van der Waals surface area contributed by atoms with Gasteiger partial charge in [-0.1, -0.05) is 31.2 Å². The predicted molar refractivity (Wildman–Crippen MR) is 95.2 cm³/mol. The number of rotatable bonds is 4. The van der Waals surface area contributed by atoms with E-state index in [4.69, 9.17) is 0 Å². The van der Waals surface area contributed by atoms with Gasteiger partial charge in [0.15, 0.2) is 0 Å². The predicted octanol–water partition coefficient (Wildman–Crippen LogP) is 2.91. The van der Waals surface area contributed by atoms with E-state index >= 15 is 0 Å². The first-order valence-corrected chi connectivity index (χ1v) is 7.92. The van der Waals surface area contributed by atoms with Gasteiger partial charge in [0.2, 0.25) is 5.91 Å². The van der Waals surface area contributed by atoms with Gasteiger partial charge in [-0.15, -0.1) is 0 Å². The number of hydrogen-bond donors (Lipinski definition) is 1. The molecule has 24 heavy (non-hydrogen) atoms. The highest BCUT2D eigenvalue weighted by atomic mass is 16.2. The first kappa shape index (κ1) is 15.9. The molecule has 0 aliphatic carbocycles. The Morgan fingerprint density at radius 3 is 2.79 bits per heavy atom. The van der Waals surface area contributed by atoms with Crippen LogP contribution in [0.15, 0.2) is 53.6 Å². The summed E-state index contributed by atoms with van der Waals surface area (Å²) >= 11 is 0. The van der Waals surface area contributed by atoms with Crippen molar-refractivity contribution >= 4 is 22.5 Å². The maximum atomic E-state index is 12.4. The molecule has 122 valence electrons. The molecular formula is C19H19N3O2. The number of aromatic nitrogens is 2. The normalized spacial score (nSPS) is 10.8. The third-order valence-electron chi connectivity index (χ3n) is 4.03. The zero-order valence-electron chi connectivity index (χ0n) is 13.7. The van der Waals surface area contributed by atoms with Gasteiger partial charge in [-0.05, 0) is 42.7 Å². The van der Waals surface area contributed by atoms with Gasteiger partial charge >= 0.3 is 0 Å². The van der Waals surface area contributed by atoms with Gasteiger partial charge in [0.1, 0.15) is 6.54 Å². The minimum absolute atomic E-state index is 0.0630. The lowest BCUT2D eigenvalue weighted by Crippen LogP contribution is -2.28. The summed E-state index contributed by atoms with van der Waals surface area (Å²) < 4.78 is 1.33. The second kappa shape index (κ2) is 6.66. The van der Waals surface area contributed by atoms with Crippen LogP contribution in [0.3, 0.4) is 0 Å². The molecule has 0 saturated carbocycles. The van der Waals surface area contributed by atoms with Crippen LogP contribution in [0.25, 0.3) is 10.9 Å². The van der Waals surface area contributed by atoms with Crippen LogP contribution in [0, 0.1) is 6.92 Å². The molecular weight excluding hydrogens is 302 g/mol. The highest BCUT2D eigenvalue weighted by molar-refractivity contribution is 5.91. The number of nitrogens with one attached hydrogen (secondary N) is 1. The van der Waals surface area contributed by atoms with E-state index in [2.05, 4.69) is 17.2 Å². The minimum atomic E-state index is -0.245. The molecule has 0 atom stereocenters. The number of para-hydroxylation sites is 1. The number of hydrogen-bond acceptors (Lipinski definition) is 3. The van der Waals surface area contributed by atoms with Gasteiger partial charge in [-0.2, -0.15) is 0 Å². The first-order chi connectivity index (χ1) is 11.6. The topological polar surface area (TPSA) is 64.0 Å². The number of benzene rings is 2. The lowest BCUT2D eigenvalue weighted by molar-refractivity contribution is -0.116. The van der Waals surface area contributed by atoms with Crippen molar-refractivity contribution in [2.24, 2.45) is 0 Å². The highest BCUT2D eigenvalue weighted by Crippen LogP contribution is 2.17. The summed E-state index contributed by atoms with van der Waals surface area (Å²) in [5, 5.41) is 3.39. The van der Waals surface area contributed by atoms with Crippen LogP contribution >= 0.6 is 0 Å². The van der Waals surface area contributed by atoms with Crippen molar-refractivity contribution in [2.45, 2.75) is 26.8 Å². The lowest BCUT2D eigenvalue weighted by Gasteiger charge is -2.11. The molecule has 1 heterocycles. The van der Waals surface area contributed by atoms with Crippen molar-refractivity contribution in [3.8, 4) is 0 Å². The monoisotopic (exact) mass is 321 g/mol. The van der Waals surface area contributed by atoms with E-state index in [1.807, 2.05) is 31.2 Å². The van der Waals surface area contributed by atoms with E-state index in [1.165, 1.54) is 10.9 Å². The molecule has 1 N–H and O–H groups in total. The minimum Gasteiger partial charge on any atom is -0.324 e. The Balaban J connectivity index is 1.83. The molecule has 0 bridgehead atoms. The van der Waals surface area contributed by atoms with Crippen LogP contribution < -0.4 is 10.9 Å². The number of nitrogens with zero attached hydrogens (tertiary/aromatic N) is 2. The van der Waals surface area contributed by atoms with Gasteiger partial charge in [-0.25, -0.2) is 4.98 Å². The molecule has 0 unspecified atom stereocenters. The molecule has 1 aromatic heterocycles. The Labute approximate surface area is 140 Å². The average molecular weight is 321 g/mol. The summed E-state index contributed by atoms with van der Waals surface area (Å²) in [6.07, 6.45) is 2.32. The fourth-order valence-electron chi connectivity index (χ4n) is 2.59. The number of amides is 1. The second-order valence-corrected chi connectivity index (χ2v) is 5.75. The maximum absolute atomic E-state index is 12.4. The molecule has 0 spiro atoms. The van der Waals surface area contributed by atoms with E-state index < -0.39 is 0 Å². The Morgan fingerprint density at radius 1 is 1.21 bits per heavy atom. The quantitative estimate of drug-likeness (QED) is 0.803. The van der Waals surface area contributed by atoms with Crippen LogP contribution in [0.4, 0.5) is 5.69 Å². The molecule has 0 aliphatic rings. The van der Waals surface area contributed by atoms with Crippen molar-refractivity contribution in [3.05, 3.63) is 70.3 Å². The second-order valence-electron chi connectivity index (χ2n) is 5.75. The summed E-state index contributed by atoms with van der Waals surface area (Å²) in [7, 11) is 0. The summed E-state index contributed by atoms with van der Waals surface area (Å²) in [6.45, 7) is 3.95. The molecule has 1 amide bonds. The van der Waals surface area contributed by atoms with Gasteiger partial charge < -0.3 is 5.32 Å². The molecule has 2 aromatic carbocycles. The third-order valence-corrected chi connectivity index (χ3v) is 4.03. The Kier molecular flexibility index (Phi) is 4.42. The lowest BCUT2D eigenvalue weighted by atomic mass is 10.1. The largest absolute Gasteiger partial charge is 0.324 e. The van der Waals surface area contributed by atoms with Crippen molar-refractivity contribution < 1.29 is 4.79 Å². The van der Waals surface area contributed by atoms with Crippen LogP contribution in [-0.4, -0.2) is 15.5 Å². The average Bonchev–Trinajstić information content (AvgIpc) is 2.59. The van der Waals surface area contributed by atoms with Gasteiger partial charge in [-0.3, -0.25) is 14.2 Å². The molecule has 5 nitrogen and oxygen atoms in total. The number of carbonyl (C=O) groups is 1. The van der Waals surface area contributed by atoms with E-state index in [9.17, 15) is 9.59 Å². The molecule has 0 radical (unpaired) electrons. The van der Waals surface area contributed by atoms with Gasteiger partial charge in [0.25, 0.3) is 5.56 Å². The van der Waals surface area contributed by atoms with E-state index in [0.717, 1.165) is 23.2 Å². The Morgan fingerprint density at radius 2 is 2.00 bits per heavy atom. The fraction of sp³-hybridized carbons (Fsp3) is 0.211. The SMILES string of the molecule is CCc1ccc(C)c(NC(=O)Cn2cnc3ccccc3c2=O)c1. The van der Waals surface area contributed by atoms with E-state index in [1.54, 1.807) is 18.2 Å². The van der Waals surface area contributed by atoms with Crippen molar-refractivity contribution in [1.29, 1.82) is 0 Å². The maximum Gasteiger partial charge on any atom is 0.261 e. The smallest absolute Gasteiger partial charge is 0.261 e. The van der Waals surface area contributed by atoms with Crippen molar-refractivity contribution in [2.75, 3.05) is 5.32 Å². The van der Waals surface area contributed by atoms with Crippen molar-refractivity contribution in [3.63, 3.8) is 0 Å². The zero-order chi connectivity index (χ0) is 17.1. The summed E-state index contributed by atoms with van der Waals surface area (Å²) in [5.74, 6) is -0.245. The molecule has 0 fully saturated rings. The summed E-state index contributed by atoms with van der Waals surface area (Å²) in [5.41, 5.74) is 3.34. The van der Waals surface area contributed by atoms with Crippen molar-refractivity contribution in [1.82, 2.24) is 9.55 Å². The van der Waals surface area contributed by atoms with Crippen LogP contribution in [-0.2, 0) is 17.8 Å². The standard InChI is InChI=1S/C19H19N3O2/c1-3-14-9-8-13(2)17(10-14)21-18(23)11-22-12-20-16-7-5-4-6-15(16)19(22)24/h4-10,12H,3,11H2,1-2H3,(H,21,23). The molecule has 5 heteroatoms. The Bertz CT molecular complexity index is 960. The van der Waals surface area contributed by atoms with Gasteiger partial charge in [0, 0.05) is 5.69 Å². The number of aryl methyl sites for hydroxylation is 2. The Hall–Kier alpha value is -2.95. The molecule has 3 rings (SSSR count). The number of carbonyl (C=O) groups excluding carboxylic acids is 1. The van der Waals surface area contributed by atoms with E-state index in [0.29, 0.717) is 10.9 Å². The molecule has 3 aromatic rings. The number of anilines is 1. The molecule has 0 aliphatic heterocycles. The van der Waals surface area contributed by atoms with Crippen LogP contribution in [0.1, 0.15) is 18.1 Å². The van der Waals surface area contributed by atoms with E-state index in [-0.39, 0.29) is 18.0 Å². The summed E-state index contributed by atoms with van der Waals surface area (Å²) in [4.78, 5) is 29.0. The van der Waals surface area contributed by atoms with Crippen LogP contribution in [0.5, 0.6) is 0 Å². The van der Waals surface area contributed by atoms with Crippen LogP contribution in [0.2, 0.25) is 0 Å². The highest BCUT2D eigenvalue weighted by Gasteiger charge is 2.09. The van der Waals surface area contributed by atoms with Gasteiger partial charge in [0.05, 0.1) is 17.2 Å². The summed E-state index contributed by atoms with van der Waals surface area (Å²) in [6, 6.07) is 13.1. The third kappa shape index (κ3) is 3.20. The first-order valence-electron chi connectivity index (χ1n) is 7.92. The molecule has 0 saturated heterocycles.